The maximum atomic E-state index is 8.78. The van der Waals surface area contributed by atoms with Crippen LogP contribution in [0.25, 0.3) is 0 Å². The number of aromatic nitrogens is 1. The Hall–Kier alpha value is -0.790. The lowest BCUT2D eigenvalue weighted by atomic mass is 10.3. The second-order valence-electron chi connectivity index (χ2n) is 2.68. The fraction of sp³-hybridized carbons (Fsp3) is 0.500. The Morgan fingerprint density at radius 1 is 1.69 bits per heavy atom. The van der Waals surface area contributed by atoms with E-state index in [1.54, 1.807) is 0 Å². The van der Waals surface area contributed by atoms with Crippen LogP contribution in [0.15, 0.2) is 0 Å². The fourth-order valence-corrected chi connectivity index (χ4v) is 2.15. The average molecular weight is 216 g/mol. The predicted molar refractivity (Wildman–Crippen MR) is 55.4 cm³/mol. The summed E-state index contributed by atoms with van der Waals surface area (Å²) in [6.07, 6.45) is 1.02. The number of nitrogens with zero attached hydrogens (tertiary/aromatic N) is 3. The third-order valence-corrected chi connectivity index (χ3v) is 2.77. The molecule has 0 fully saturated rings. The summed E-state index contributed by atoms with van der Waals surface area (Å²) in [6.45, 7) is 2.96. The van der Waals surface area contributed by atoms with Gasteiger partial charge in [0.05, 0.1) is 0 Å². The van der Waals surface area contributed by atoms with Gasteiger partial charge in [0.25, 0.3) is 0 Å². The number of hydrogen-bond donors (Lipinski definition) is 0. The molecule has 1 aromatic heterocycles. The van der Waals surface area contributed by atoms with Crippen molar-refractivity contribution in [1.29, 1.82) is 5.26 Å². The lowest BCUT2D eigenvalue weighted by molar-refractivity contribution is 0.852. The normalized spacial score (nSPS) is 9.69. The van der Waals surface area contributed by atoms with Crippen LogP contribution in [0.2, 0.25) is 5.15 Å². The molecule has 1 heterocycles. The maximum Gasteiger partial charge on any atom is 0.167 e. The van der Waals surface area contributed by atoms with E-state index >= 15 is 0 Å². The second-order valence-corrected chi connectivity index (χ2v) is 3.82. The molecule has 0 aliphatic heterocycles. The Kier molecular flexibility index (Phi) is 3.52. The largest absolute Gasteiger partial charge is 0.370 e. The van der Waals surface area contributed by atoms with Crippen LogP contribution < -0.4 is 4.90 Å². The maximum absolute atomic E-state index is 8.78. The zero-order chi connectivity index (χ0) is 9.84. The van der Waals surface area contributed by atoms with Crippen molar-refractivity contribution >= 4 is 28.8 Å². The van der Waals surface area contributed by atoms with E-state index in [2.05, 4.69) is 17.4 Å². The number of nitriles is 1. The van der Waals surface area contributed by atoms with Crippen LogP contribution in [-0.4, -0.2) is 18.0 Å². The van der Waals surface area contributed by atoms with Gasteiger partial charge in [0.15, 0.2) is 5.15 Å². The molecule has 0 aliphatic rings. The Balaban J connectivity index is 2.98. The van der Waals surface area contributed by atoms with E-state index in [1.165, 1.54) is 0 Å². The molecule has 0 aromatic carbocycles. The molecule has 1 aromatic rings. The number of rotatable bonds is 3. The van der Waals surface area contributed by atoms with Crippen LogP contribution in [0, 0.1) is 11.3 Å². The van der Waals surface area contributed by atoms with Gasteiger partial charge in [-0.2, -0.15) is 9.64 Å². The van der Waals surface area contributed by atoms with Gasteiger partial charge in [0, 0.05) is 13.6 Å². The van der Waals surface area contributed by atoms with Crippen LogP contribution in [0.1, 0.15) is 18.2 Å². The Bertz CT molecular complexity index is 329. The van der Waals surface area contributed by atoms with Gasteiger partial charge in [-0.3, -0.25) is 0 Å². The number of hydrogen-bond acceptors (Lipinski definition) is 4. The second kappa shape index (κ2) is 4.45. The summed E-state index contributed by atoms with van der Waals surface area (Å²) in [5.74, 6) is 0. The smallest absolute Gasteiger partial charge is 0.167 e. The molecule has 0 aliphatic carbocycles. The highest BCUT2D eigenvalue weighted by Gasteiger charge is 2.14. The van der Waals surface area contributed by atoms with Gasteiger partial charge in [-0.1, -0.05) is 18.5 Å². The molecule has 70 valence electrons. The molecular formula is C8H10ClN3S. The first-order valence-electron chi connectivity index (χ1n) is 3.97. The minimum Gasteiger partial charge on any atom is -0.370 e. The summed E-state index contributed by atoms with van der Waals surface area (Å²) in [7, 11) is 1.92. The molecular weight excluding hydrogens is 206 g/mol. The quantitative estimate of drug-likeness (QED) is 0.778. The first-order chi connectivity index (χ1) is 6.20. The summed E-state index contributed by atoms with van der Waals surface area (Å²) in [4.78, 5) is 2.55. The Morgan fingerprint density at radius 3 is 2.92 bits per heavy atom. The first-order valence-corrected chi connectivity index (χ1v) is 5.12. The predicted octanol–water partition coefficient (Wildman–Crippen LogP) is 2.51. The molecule has 0 atom stereocenters. The van der Waals surface area contributed by atoms with Crippen molar-refractivity contribution in [2.24, 2.45) is 0 Å². The van der Waals surface area contributed by atoms with Gasteiger partial charge < -0.3 is 4.90 Å². The minimum atomic E-state index is 0.428. The van der Waals surface area contributed by atoms with Gasteiger partial charge in [-0.25, -0.2) is 0 Å². The summed E-state index contributed by atoms with van der Waals surface area (Å²) in [6, 6.07) is 2.09. The minimum absolute atomic E-state index is 0.428. The van der Waals surface area contributed by atoms with Crippen LogP contribution in [-0.2, 0) is 0 Å². The lowest BCUT2D eigenvalue weighted by Gasteiger charge is -2.16. The van der Waals surface area contributed by atoms with Gasteiger partial charge in [-0.05, 0) is 18.0 Å². The Labute approximate surface area is 86.7 Å². The molecule has 0 spiro atoms. The zero-order valence-electron chi connectivity index (χ0n) is 7.54. The molecule has 13 heavy (non-hydrogen) atoms. The van der Waals surface area contributed by atoms with Gasteiger partial charge >= 0.3 is 0 Å². The van der Waals surface area contributed by atoms with Crippen molar-refractivity contribution < 1.29 is 0 Å². The summed E-state index contributed by atoms with van der Waals surface area (Å²) < 4.78 is 3.93. The summed E-state index contributed by atoms with van der Waals surface area (Å²) >= 11 is 7.01. The van der Waals surface area contributed by atoms with Crippen molar-refractivity contribution in [3.8, 4) is 6.07 Å². The fourth-order valence-electron chi connectivity index (χ4n) is 1.12. The molecule has 0 unspecified atom stereocenters. The Morgan fingerprint density at radius 2 is 2.38 bits per heavy atom. The molecule has 0 saturated carbocycles. The molecule has 0 N–H and O–H groups in total. The van der Waals surface area contributed by atoms with Crippen molar-refractivity contribution in [3.63, 3.8) is 0 Å². The highest BCUT2D eigenvalue weighted by Crippen LogP contribution is 2.31. The third-order valence-electron chi connectivity index (χ3n) is 1.67. The average Bonchev–Trinajstić information content (AvgIpc) is 2.47. The molecule has 3 nitrogen and oxygen atoms in total. The molecule has 0 bridgehead atoms. The highest BCUT2D eigenvalue weighted by atomic mass is 35.5. The number of anilines is 1. The van der Waals surface area contributed by atoms with E-state index in [0.29, 0.717) is 10.0 Å². The SMILES string of the molecule is CCCN(C)c1c(Cl)nsc1C#N. The zero-order valence-corrected chi connectivity index (χ0v) is 9.11. The van der Waals surface area contributed by atoms with Crippen molar-refractivity contribution in [1.82, 2.24) is 4.37 Å². The van der Waals surface area contributed by atoms with E-state index in [-0.39, 0.29) is 0 Å². The van der Waals surface area contributed by atoms with E-state index < -0.39 is 0 Å². The van der Waals surface area contributed by atoms with Crippen molar-refractivity contribution in [3.05, 3.63) is 10.0 Å². The van der Waals surface area contributed by atoms with E-state index in [4.69, 9.17) is 16.9 Å². The van der Waals surface area contributed by atoms with Crippen molar-refractivity contribution in [2.45, 2.75) is 13.3 Å². The number of halogens is 1. The monoisotopic (exact) mass is 215 g/mol. The first kappa shape index (κ1) is 10.3. The molecule has 0 amide bonds. The molecule has 0 radical (unpaired) electrons. The summed E-state index contributed by atoms with van der Waals surface area (Å²) in [5.41, 5.74) is 0.760. The van der Waals surface area contributed by atoms with Crippen LogP contribution in [0.4, 0.5) is 5.69 Å². The van der Waals surface area contributed by atoms with Gasteiger partial charge in [0.1, 0.15) is 16.6 Å². The topological polar surface area (TPSA) is 39.9 Å². The molecule has 1 rings (SSSR count). The van der Waals surface area contributed by atoms with E-state index in [0.717, 1.165) is 30.2 Å². The third kappa shape index (κ3) is 2.11. The van der Waals surface area contributed by atoms with Gasteiger partial charge in [-0.15, -0.1) is 0 Å². The molecule has 5 heteroatoms. The van der Waals surface area contributed by atoms with E-state index in [1.807, 2.05) is 11.9 Å². The van der Waals surface area contributed by atoms with Crippen molar-refractivity contribution in [2.75, 3.05) is 18.5 Å². The summed E-state index contributed by atoms with van der Waals surface area (Å²) in [5, 5.41) is 9.21. The van der Waals surface area contributed by atoms with Crippen LogP contribution >= 0.6 is 23.1 Å². The highest BCUT2D eigenvalue weighted by molar-refractivity contribution is 7.07. The van der Waals surface area contributed by atoms with Crippen LogP contribution in [0.5, 0.6) is 0 Å². The van der Waals surface area contributed by atoms with E-state index in [9.17, 15) is 0 Å². The van der Waals surface area contributed by atoms with Crippen LogP contribution in [0.3, 0.4) is 0 Å². The standard InChI is InChI=1S/C8H10ClN3S/c1-3-4-12(2)7-6(5-10)13-11-8(7)9/h3-4H2,1-2H3. The van der Waals surface area contributed by atoms with Gasteiger partial charge in [0.2, 0.25) is 0 Å². The molecule has 0 saturated heterocycles. The lowest BCUT2D eigenvalue weighted by Crippen LogP contribution is -2.18.